The molecule has 0 saturated heterocycles. The Morgan fingerprint density at radius 1 is 0.383 bits per heavy atom. The van der Waals surface area contributed by atoms with E-state index in [1.165, 1.54) is 244 Å². The summed E-state index contributed by atoms with van der Waals surface area (Å²) >= 11 is 0. The number of unbranched alkanes of at least 4 members (excludes halogenated alkanes) is 42. The monoisotopic (exact) mass is 1140 g/mol. The van der Waals surface area contributed by atoms with Crippen LogP contribution < -0.4 is 0 Å². The van der Waals surface area contributed by atoms with Crippen LogP contribution in [-0.2, 0) is 33.3 Å². The Bertz CT molecular complexity index is 1470. The largest absolute Gasteiger partial charge is 0.477 e. The first-order valence-electron chi connectivity index (χ1n) is 34.8. The molecule has 0 aromatic heterocycles. The Labute approximate surface area is 502 Å². The average Bonchev–Trinajstić information content (AvgIpc) is 3.44. The number of carbonyl (C=O) groups is 3. The van der Waals surface area contributed by atoms with E-state index in [0.29, 0.717) is 17.4 Å². The molecule has 9 heteroatoms. The molecule has 0 fully saturated rings. The van der Waals surface area contributed by atoms with E-state index < -0.39 is 18.4 Å². The van der Waals surface area contributed by atoms with Crippen molar-refractivity contribution < 1.29 is 42.9 Å². The van der Waals surface area contributed by atoms with Gasteiger partial charge in [0, 0.05) is 12.8 Å². The van der Waals surface area contributed by atoms with Crippen LogP contribution in [0.2, 0.25) is 0 Å². The topological polar surface area (TPSA) is 108 Å². The van der Waals surface area contributed by atoms with Gasteiger partial charge in [-0.05, 0) is 51.4 Å². The highest BCUT2D eigenvalue weighted by molar-refractivity contribution is 5.71. The van der Waals surface area contributed by atoms with E-state index in [0.717, 1.165) is 64.2 Å². The molecule has 0 saturated carbocycles. The van der Waals surface area contributed by atoms with Gasteiger partial charge in [0.05, 0.1) is 34.4 Å². The van der Waals surface area contributed by atoms with E-state index in [-0.39, 0.29) is 38.2 Å². The zero-order valence-corrected chi connectivity index (χ0v) is 54.2. The van der Waals surface area contributed by atoms with Crippen molar-refractivity contribution in [2.75, 3.05) is 47.5 Å². The van der Waals surface area contributed by atoms with Gasteiger partial charge in [0.15, 0.2) is 6.10 Å². The summed E-state index contributed by atoms with van der Waals surface area (Å²) in [4.78, 5) is 37.6. The van der Waals surface area contributed by atoms with Gasteiger partial charge in [0.25, 0.3) is 6.29 Å². The molecule has 2 unspecified atom stereocenters. The summed E-state index contributed by atoms with van der Waals surface area (Å²) in [7, 11) is 5.99. The average molecular weight is 1140 g/mol. The van der Waals surface area contributed by atoms with Gasteiger partial charge in [-0.3, -0.25) is 9.59 Å². The van der Waals surface area contributed by atoms with Crippen molar-refractivity contribution in [2.24, 2.45) is 0 Å². The fraction of sp³-hybridized carbons (Fsp3) is 0.847. The Morgan fingerprint density at radius 3 is 1.05 bits per heavy atom. The second kappa shape index (κ2) is 63.3. The van der Waals surface area contributed by atoms with E-state index in [4.69, 9.17) is 18.9 Å². The van der Waals surface area contributed by atoms with Crippen LogP contribution in [0.3, 0.4) is 0 Å². The van der Waals surface area contributed by atoms with Gasteiger partial charge in [-0.25, -0.2) is 4.79 Å². The number of likely N-dealkylation sites (N-methyl/N-ethyl adjacent to an activating group) is 1. The molecule has 0 rings (SSSR count). The lowest BCUT2D eigenvalue weighted by Crippen LogP contribution is -2.40. The van der Waals surface area contributed by atoms with Crippen LogP contribution in [0, 0.1) is 0 Å². The van der Waals surface area contributed by atoms with Crippen molar-refractivity contribution in [1.82, 2.24) is 0 Å². The van der Waals surface area contributed by atoms with Gasteiger partial charge in [-0.1, -0.05) is 319 Å². The molecule has 0 spiro atoms. The van der Waals surface area contributed by atoms with Crippen LogP contribution in [-0.4, -0.2) is 87.4 Å². The van der Waals surface area contributed by atoms with Crippen LogP contribution in [0.15, 0.2) is 48.6 Å². The number of esters is 2. The Hall–Kier alpha value is -2.75. The van der Waals surface area contributed by atoms with Crippen molar-refractivity contribution in [1.29, 1.82) is 0 Å². The van der Waals surface area contributed by atoms with E-state index in [1.54, 1.807) is 0 Å². The molecule has 0 aromatic carbocycles. The molecular formula is C72H134NO8+. The molecule has 0 aliphatic rings. The first-order valence-corrected chi connectivity index (χ1v) is 34.8. The number of carboxylic acids is 1. The fourth-order valence-electron chi connectivity index (χ4n) is 10.3. The highest BCUT2D eigenvalue weighted by atomic mass is 16.7. The van der Waals surface area contributed by atoms with Gasteiger partial charge in [0.2, 0.25) is 0 Å². The minimum atomic E-state index is -1.51. The number of allylic oxidation sites excluding steroid dienone is 8. The first kappa shape index (κ1) is 78.2. The summed E-state index contributed by atoms with van der Waals surface area (Å²) in [5.74, 6) is -1.98. The number of aliphatic carboxylic acids is 1. The summed E-state index contributed by atoms with van der Waals surface area (Å²) in [5.41, 5.74) is 0. The Balaban J connectivity index is 4.07. The van der Waals surface area contributed by atoms with Crippen LogP contribution in [0.5, 0.6) is 0 Å². The number of ether oxygens (including phenoxy) is 4. The quantitative estimate of drug-likeness (QED) is 0.0211. The Kier molecular flexibility index (Phi) is 61.1. The molecule has 0 amide bonds. The van der Waals surface area contributed by atoms with Crippen LogP contribution in [0.25, 0.3) is 0 Å². The summed E-state index contributed by atoms with van der Waals surface area (Å²) in [5, 5.41) is 9.74. The molecule has 0 aliphatic heterocycles. The van der Waals surface area contributed by atoms with Crippen molar-refractivity contribution in [3.63, 3.8) is 0 Å². The molecule has 9 nitrogen and oxygen atoms in total. The number of nitrogens with zero attached hydrogens (tertiary/aromatic N) is 1. The minimum Gasteiger partial charge on any atom is -0.477 e. The van der Waals surface area contributed by atoms with Crippen LogP contribution in [0.4, 0.5) is 0 Å². The highest BCUT2D eigenvalue weighted by Crippen LogP contribution is 2.19. The Morgan fingerprint density at radius 2 is 0.704 bits per heavy atom. The number of hydrogen-bond donors (Lipinski definition) is 1. The highest BCUT2D eigenvalue weighted by Gasteiger charge is 2.25. The van der Waals surface area contributed by atoms with E-state index in [9.17, 15) is 19.5 Å². The lowest BCUT2D eigenvalue weighted by molar-refractivity contribution is -0.870. The maximum Gasteiger partial charge on any atom is 0.361 e. The smallest absolute Gasteiger partial charge is 0.361 e. The number of rotatable bonds is 65. The summed E-state index contributed by atoms with van der Waals surface area (Å²) in [6.45, 7) is 4.83. The van der Waals surface area contributed by atoms with Gasteiger partial charge < -0.3 is 28.5 Å². The zero-order chi connectivity index (χ0) is 59.1. The molecule has 0 heterocycles. The predicted molar refractivity (Wildman–Crippen MR) is 346 cm³/mol. The SMILES string of the molecule is CC/C=C\C/C=C\C/C=C\C/C=C\CCCCCCCCCCCCCCCCCCCCC(=O)OC(COC(=O)CCCCCCCCCCCCCCCCCCCCCCCCCCC)COC(OCC[N+](C)(C)C)C(=O)O. The van der Waals surface area contributed by atoms with Gasteiger partial charge in [0.1, 0.15) is 13.2 Å². The van der Waals surface area contributed by atoms with Crippen molar-refractivity contribution >= 4 is 17.9 Å². The third-order valence-corrected chi connectivity index (χ3v) is 15.6. The normalized spacial score (nSPS) is 13.0. The van der Waals surface area contributed by atoms with Crippen molar-refractivity contribution in [3.05, 3.63) is 48.6 Å². The first-order chi connectivity index (χ1) is 39.6. The number of quaternary nitrogens is 1. The number of carboxylic acid groups (broad SMARTS) is 1. The summed E-state index contributed by atoms with van der Waals surface area (Å²) in [6.07, 6.45) is 78.0. The maximum atomic E-state index is 12.9. The van der Waals surface area contributed by atoms with Crippen molar-refractivity contribution in [2.45, 2.75) is 347 Å². The minimum absolute atomic E-state index is 0.176. The molecule has 2 atom stereocenters. The fourth-order valence-corrected chi connectivity index (χ4v) is 10.3. The standard InChI is InChI=1S/C72H133NO8/c1-6-8-10-12-14-16-18-20-22-24-26-28-30-32-33-34-35-36-37-39-41-43-45-47-49-51-53-55-57-59-61-63-70(75)81-68(67-80-72(71(76)77)78-65-64-73(3,4)5)66-79-69(74)62-60-58-56-54-52-50-48-46-44-42-40-38-31-29-27-25-23-21-19-17-15-13-11-9-7-2/h8,10,14,16,20,22,26,28,68,72H,6-7,9,11-13,15,17-19,21,23-25,27,29-67H2,1-5H3/p+1/b10-8-,16-14-,22-20-,28-26-. The lowest BCUT2D eigenvalue weighted by atomic mass is 10.0. The molecule has 0 aromatic rings. The molecule has 0 aliphatic carbocycles. The van der Waals surface area contributed by atoms with E-state index in [2.05, 4.69) is 62.5 Å². The number of carbonyl (C=O) groups excluding carboxylic acids is 2. The predicted octanol–water partition coefficient (Wildman–Crippen LogP) is 21.4. The summed E-state index contributed by atoms with van der Waals surface area (Å²) < 4.78 is 23.0. The molecule has 474 valence electrons. The summed E-state index contributed by atoms with van der Waals surface area (Å²) in [6, 6.07) is 0. The molecule has 1 N–H and O–H groups in total. The van der Waals surface area contributed by atoms with Gasteiger partial charge >= 0.3 is 17.9 Å². The van der Waals surface area contributed by atoms with Gasteiger partial charge in [-0.2, -0.15) is 0 Å². The lowest BCUT2D eigenvalue weighted by Gasteiger charge is -2.25. The molecule has 0 bridgehead atoms. The number of hydrogen-bond acceptors (Lipinski definition) is 7. The third-order valence-electron chi connectivity index (χ3n) is 15.6. The zero-order valence-electron chi connectivity index (χ0n) is 54.2. The van der Waals surface area contributed by atoms with Crippen LogP contribution in [0.1, 0.15) is 335 Å². The van der Waals surface area contributed by atoms with E-state index >= 15 is 0 Å². The molecular weight excluding hydrogens is 1010 g/mol. The van der Waals surface area contributed by atoms with E-state index in [1.807, 2.05) is 21.1 Å². The third kappa shape index (κ3) is 64.7. The molecule has 81 heavy (non-hydrogen) atoms. The second-order valence-electron chi connectivity index (χ2n) is 24.8. The van der Waals surface area contributed by atoms with Crippen molar-refractivity contribution in [3.8, 4) is 0 Å². The maximum absolute atomic E-state index is 12.9. The molecule has 0 radical (unpaired) electrons. The van der Waals surface area contributed by atoms with Gasteiger partial charge in [-0.15, -0.1) is 0 Å². The van der Waals surface area contributed by atoms with Crippen LogP contribution >= 0.6 is 0 Å². The second-order valence-corrected chi connectivity index (χ2v) is 24.8.